The molecule has 4 heteroatoms. The van der Waals surface area contributed by atoms with Crippen LogP contribution in [-0.2, 0) is 0 Å². The van der Waals surface area contributed by atoms with Crippen molar-refractivity contribution in [1.29, 1.82) is 0 Å². The van der Waals surface area contributed by atoms with Crippen molar-refractivity contribution in [3.05, 3.63) is 21.8 Å². The van der Waals surface area contributed by atoms with Crippen LogP contribution in [0.5, 0.6) is 0 Å². The Morgan fingerprint density at radius 2 is 2.10 bits per heavy atom. The standard InChI is InChI=1S/C6H8IN3/c7-6-4(8)2-1-3-5(6)10-9/h1-3,10H,8-9H2. The lowest BCUT2D eigenvalue weighted by atomic mass is 10.3. The Morgan fingerprint density at radius 3 is 2.60 bits per heavy atom. The highest BCUT2D eigenvalue weighted by atomic mass is 127. The molecule has 0 radical (unpaired) electrons. The largest absolute Gasteiger partial charge is 0.398 e. The molecule has 0 atom stereocenters. The fourth-order valence-electron chi connectivity index (χ4n) is 0.661. The molecule has 10 heavy (non-hydrogen) atoms. The van der Waals surface area contributed by atoms with Gasteiger partial charge in [0.05, 0.1) is 9.26 Å². The van der Waals surface area contributed by atoms with E-state index < -0.39 is 0 Å². The first kappa shape index (κ1) is 7.62. The molecule has 0 amide bonds. The van der Waals surface area contributed by atoms with Crippen molar-refractivity contribution < 1.29 is 0 Å². The third kappa shape index (κ3) is 1.32. The lowest BCUT2D eigenvalue weighted by molar-refractivity contribution is 1.34. The van der Waals surface area contributed by atoms with Gasteiger partial charge in [-0.25, -0.2) is 0 Å². The number of nitrogens with two attached hydrogens (primary N) is 2. The van der Waals surface area contributed by atoms with Gasteiger partial charge in [-0.05, 0) is 34.7 Å². The van der Waals surface area contributed by atoms with Crippen LogP contribution in [-0.4, -0.2) is 0 Å². The second-order valence-corrected chi connectivity index (χ2v) is 2.93. The van der Waals surface area contributed by atoms with E-state index in [9.17, 15) is 0 Å². The smallest absolute Gasteiger partial charge is 0.0639 e. The van der Waals surface area contributed by atoms with Crippen LogP contribution in [0.3, 0.4) is 0 Å². The minimum Gasteiger partial charge on any atom is -0.398 e. The van der Waals surface area contributed by atoms with Gasteiger partial charge in [0, 0.05) is 5.69 Å². The van der Waals surface area contributed by atoms with Crippen LogP contribution in [0.2, 0.25) is 0 Å². The van der Waals surface area contributed by atoms with Crippen molar-refractivity contribution in [2.75, 3.05) is 11.2 Å². The maximum atomic E-state index is 5.59. The highest BCUT2D eigenvalue weighted by Crippen LogP contribution is 2.22. The molecule has 0 heterocycles. The van der Waals surface area contributed by atoms with E-state index >= 15 is 0 Å². The molecule has 0 fully saturated rings. The molecule has 0 aliphatic carbocycles. The monoisotopic (exact) mass is 249 g/mol. The van der Waals surface area contributed by atoms with Crippen molar-refractivity contribution in [2.45, 2.75) is 0 Å². The first-order chi connectivity index (χ1) is 4.75. The maximum Gasteiger partial charge on any atom is 0.0639 e. The Morgan fingerprint density at radius 1 is 1.40 bits per heavy atom. The van der Waals surface area contributed by atoms with Gasteiger partial charge in [-0.1, -0.05) is 6.07 Å². The average molecular weight is 249 g/mol. The van der Waals surface area contributed by atoms with Crippen LogP contribution in [0.1, 0.15) is 0 Å². The average Bonchev–Trinajstić information content (AvgIpc) is 1.95. The molecular weight excluding hydrogens is 241 g/mol. The van der Waals surface area contributed by atoms with E-state index in [-0.39, 0.29) is 0 Å². The van der Waals surface area contributed by atoms with Gasteiger partial charge in [-0.15, -0.1) is 0 Å². The zero-order valence-corrected chi connectivity index (χ0v) is 7.42. The highest BCUT2D eigenvalue weighted by molar-refractivity contribution is 14.1. The molecule has 0 aliphatic heterocycles. The summed E-state index contributed by atoms with van der Waals surface area (Å²) in [5.74, 6) is 5.21. The second kappa shape index (κ2) is 3.07. The van der Waals surface area contributed by atoms with Crippen molar-refractivity contribution in [1.82, 2.24) is 0 Å². The lowest BCUT2D eigenvalue weighted by Gasteiger charge is -2.03. The van der Waals surface area contributed by atoms with Crippen LogP contribution >= 0.6 is 22.6 Å². The molecule has 0 saturated carbocycles. The number of rotatable bonds is 1. The number of anilines is 2. The number of hydrogen-bond donors (Lipinski definition) is 3. The zero-order chi connectivity index (χ0) is 7.56. The zero-order valence-electron chi connectivity index (χ0n) is 5.26. The van der Waals surface area contributed by atoms with Gasteiger partial charge in [0.15, 0.2) is 0 Å². The molecule has 0 unspecified atom stereocenters. The van der Waals surface area contributed by atoms with Crippen LogP contribution in [0.4, 0.5) is 11.4 Å². The van der Waals surface area contributed by atoms with Gasteiger partial charge in [0.1, 0.15) is 0 Å². The third-order valence-corrected chi connectivity index (χ3v) is 2.39. The normalized spacial score (nSPS) is 9.40. The Hall–Kier alpha value is -0.490. The summed E-state index contributed by atoms with van der Waals surface area (Å²) in [5.41, 5.74) is 9.75. The highest BCUT2D eigenvalue weighted by Gasteiger charge is 1.98. The Bertz CT molecular complexity index is 236. The predicted octanol–water partition coefficient (Wildman–Crippen LogP) is 1.16. The van der Waals surface area contributed by atoms with Crippen molar-refractivity contribution in [3.8, 4) is 0 Å². The summed E-state index contributed by atoms with van der Waals surface area (Å²) >= 11 is 2.14. The molecule has 1 aromatic carbocycles. The van der Waals surface area contributed by atoms with E-state index in [0.29, 0.717) is 0 Å². The minimum atomic E-state index is 0.746. The summed E-state index contributed by atoms with van der Waals surface area (Å²) in [7, 11) is 0. The van der Waals surface area contributed by atoms with Crippen molar-refractivity contribution in [3.63, 3.8) is 0 Å². The second-order valence-electron chi connectivity index (χ2n) is 1.85. The number of nitrogens with one attached hydrogen (secondary N) is 1. The lowest BCUT2D eigenvalue weighted by Crippen LogP contribution is -2.08. The van der Waals surface area contributed by atoms with Gasteiger partial charge >= 0.3 is 0 Å². The molecule has 3 nitrogen and oxygen atoms in total. The van der Waals surface area contributed by atoms with Crippen LogP contribution in [0.15, 0.2) is 18.2 Å². The number of nitrogen functional groups attached to an aromatic ring is 2. The van der Waals surface area contributed by atoms with Gasteiger partial charge in [-0.2, -0.15) is 0 Å². The van der Waals surface area contributed by atoms with Gasteiger partial charge in [0.2, 0.25) is 0 Å². The molecule has 1 rings (SSSR count). The SMILES string of the molecule is NNc1cccc(N)c1I. The molecule has 5 N–H and O–H groups in total. The van der Waals surface area contributed by atoms with Crippen molar-refractivity contribution in [2.24, 2.45) is 5.84 Å². The molecule has 0 spiro atoms. The first-order valence-electron chi connectivity index (χ1n) is 2.76. The van der Waals surface area contributed by atoms with E-state index in [4.69, 9.17) is 11.6 Å². The summed E-state index contributed by atoms with van der Waals surface area (Å²) in [5, 5.41) is 0. The quantitative estimate of drug-likeness (QED) is 0.303. The van der Waals surface area contributed by atoms with Gasteiger partial charge < -0.3 is 11.2 Å². The van der Waals surface area contributed by atoms with Crippen LogP contribution < -0.4 is 17.0 Å². The van der Waals surface area contributed by atoms with E-state index in [1.54, 1.807) is 0 Å². The Kier molecular flexibility index (Phi) is 2.34. The number of halogens is 1. The summed E-state index contributed by atoms with van der Waals surface area (Å²) in [4.78, 5) is 0. The fourth-order valence-corrected chi connectivity index (χ4v) is 1.18. The summed E-state index contributed by atoms with van der Waals surface area (Å²) in [6.45, 7) is 0. The van der Waals surface area contributed by atoms with Crippen LogP contribution in [0, 0.1) is 3.57 Å². The fraction of sp³-hybridized carbons (Fsp3) is 0. The minimum absolute atomic E-state index is 0.746. The molecule has 0 bridgehead atoms. The molecular formula is C6H8IN3. The Balaban J connectivity index is 3.14. The topological polar surface area (TPSA) is 64.1 Å². The van der Waals surface area contributed by atoms with E-state index in [1.807, 2.05) is 18.2 Å². The van der Waals surface area contributed by atoms with Crippen LogP contribution in [0.25, 0.3) is 0 Å². The summed E-state index contributed by atoms with van der Waals surface area (Å²) in [6, 6.07) is 5.56. The van der Waals surface area contributed by atoms with E-state index in [2.05, 4.69) is 28.0 Å². The third-order valence-electron chi connectivity index (χ3n) is 1.18. The van der Waals surface area contributed by atoms with Gasteiger partial charge in [0.25, 0.3) is 0 Å². The summed E-state index contributed by atoms with van der Waals surface area (Å²) in [6.07, 6.45) is 0. The first-order valence-corrected chi connectivity index (χ1v) is 3.84. The number of hydrogen-bond acceptors (Lipinski definition) is 3. The molecule has 0 aromatic heterocycles. The molecule has 0 aliphatic rings. The van der Waals surface area contributed by atoms with Crippen molar-refractivity contribution >= 4 is 34.0 Å². The predicted molar refractivity (Wildman–Crippen MR) is 51.4 cm³/mol. The van der Waals surface area contributed by atoms with Gasteiger partial charge in [-0.3, -0.25) is 5.84 Å². The maximum absolute atomic E-state index is 5.59. The van der Waals surface area contributed by atoms with E-state index in [0.717, 1.165) is 14.9 Å². The molecule has 54 valence electrons. The number of hydrazine groups is 1. The molecule has 1 aromatic rings. The van der Waals surface area contributed by atoms with E-state index in [1.165, 1.54) is 0 Å². The molecule has 0 saturated heterocycles. The number of benzene rings is 1. The summed E-state index contributed by atoms with van der Waals surface area (Å²) < 4.78 is 0.961. The Labute approximate surface area is 72.9 Å².